The number of amides is 1. The summed E-state index contributed by atoms with van der Waals surface area (Å²) in [6.07, 6.45) is 3.50. The Morgan fingerprint density at radius 1 is 1.27 bits per heavy atom. The molecule has 0 aliphatic carbocycles. The minimum Gasteiger partial charge on any atom is -0.337 e. The van der Waals surface area contributed by atoms with Crippen molar-refractivity contribution in [3.05, 3.63) is 52.3 Å². The van der Waals surface area contributed by atoms with Crippen LogP contribution >= 0.6 is 12.4 Å². The van der Waals surface area contributed by atoms with E-state index in [2.05, 4.69) is 5.10 Å². The first kappa shape index (κ1) is 19.9. The second-order valence-electron chi connectivity index (χ2n) is 6.41. The molecule has 2 N–H and O–H groups in total. The summed E-state index contributed by atoms with van der Waals surface area (Å²) in [7, 11) is 0. The van der Waals surface area contributed by atoms with E-state index < -0.39 is 4.92 Å². The molecule has 1 amide bonds. The summed E-state index contributed by atoms with van der Waals surface area (Å²) in [6, 6.07) is 7.86. The van der Waals surface area contributed by atoms with Gasteiger partial charge in [0.05, 0.1) is 10.6 Å². The zero-order valence-corrected chi connectivity index (χ0v) is 15.3. The van der Waals surface area contributed by atoms with Crippen LogP contribution in [0, 0.1) is 16.0 Å². The number of nitrogens with two attached hydrogens (primary N) is 1. The molecule has 1 aromatic carbocycles. The molecule has 0 radical (unpaired) electrons. The van der Waals surface area contributed by atoms with E-state index in [-0.39, 0.29) is 30.0 Å². The van der Waals surface area contributed by atoms with Gasteiger partial charge in [-0.1, -0.05) is 0 Å². The summed E-state index contributed by atoms with van der Waals surface area (Å²) in [5, 5.41) is 15.0. The highest BCUT2D eigenvalue weighted by Gasteiger charge is 2.26. The number of likely N-dealkylation sites (tertiary alicyclic amines) is 1. The molecule has 1 aromatic heterocycles. The van der Waals surface area contributed by atoms with Crippen LogP contribution in [0.4, 0.5) is 5.69 Å². The van der Waals surface area contributed by atoms with E-state index in [0.29, 0.717) is 30.4 Å². The van der Waals surface area contributed by atoms with Crippen molar-refractivity contribution < 1.29 is 9.72 Å². The maximum Gasteiger partial charge on any atom is 0.274 e. The third-order valence-corrected chi connectivity index (χ3v) is 4.70. The van der Waals surface area contributed by atoms with Crippen LogP contribution in [-0.4, -0.2) is 44.6 Å². The van der Waals surface area contributed by atoms with Gasteiger partial charge in [0.15, 0.2) is 5.69 Å². The Bertz CT molecular complexity index is 767. The van der Waals surface area contributed by atoms with Gasteiger partial charge in [-0.2, -0.15) is 5.10 Å². The Hall–Kier alpha value is -2.45. The Labute approximate surface area is 157 Å². The maximum atomic E-state index is 12.6. The van der Waals surface area contributed by atoms with Crippen LogP contribution in [-0.2, 0) is 0 Å². The molecule has 1 aliphatic rings. The molecular formula is C17H22ClN5O3. The number of rotatable bonds is 4. The molecule has 1 fully saturated rings. The second-order valence-corrected chi connectivity index (χ2v) is 6.41. The van der Waals surface area contributed by atoms with Gasteiger partial charge in [-0.3, -0.25) is 14.9 Å². The molecule has 2 heterocycles. The fraction of sp³-hybridized carbons (Fsp3) is 0.412. The van der Waals surface area contributed by atoms with Crippen LogP contribution in [0.15, 0.2) is 36.5 Å². The Balaban J connectivity index is 0.00000243. The lowest BCUT2D eigenvalue weighted by Crippen LogP contribution is -2.42. The van der Waals surface area contributed by atoms with Gasteiger partial charge in [-0.15, -0.1) is 12.4 Å². The van der Waals surface area contributed by atoms with Gasteiger partial charge >= 0.3 is 0 Å². The van der Waals surface area contributed by atoms with Crippen LogP contribution in [0.5, 0.6) is 0 Å². The summed E-state index contributed by atoms with van der Waals surface area (Å²) in [6.45, 7) is 3.39. The van der Waals surface area contributed by atoms with Gasteiger partial charge in [0.2, 0.25) is 0 Å². The van der Waals surface area contributed by atoms with E-state index in [1.165, 1.54) is 12.1 Å². The molecule has 9 heteroatoms. The van der Waals surface area contributed by atoms with Crippen molar-refractivity contribution in [3.63, 3.8) is 0 Å². The van der Waals surface area contributed by atoms with Crippen molar-refractivity contribution in [2.45, 2.75) is 25.8 Å². The van der Waals surface area contributed by atoms with Crippen molar-refractivity contribution >= 4 is 24.0 Å². The van der Waals surface area contributed by atoms with Crippen LogP contribution in [0.1, 0.15) is 30.3 Å². The molecular weight excluding hydrogens is 358 g/mol. The SMILES string of the molecule is CC(N)C1CCN(C(=O)c2ccn(-c3ccc([N+](=O)[O-])cc3)n2)CC1.Cl. The minimum absolute atomic E-state index is 0. The number of nitro benzene ring substituents is 1. The number of nitro groups is 1. The smallest absolute Gasteiger partial charge is 0.274 e. The van der Waals surface area contributed by atoms with Crippen LogP contribution in [0.25, 0.3) is 5.69 Å². The van der Waals surface area contributed by atoms with E-state index in [1.54, 1.807) is 34.0 Å². The molecule has 1 atom stereocenters. The molecule has 0 spiro atoms. The van der Waals surface area contributed by atoms with Crippen molar-refractivity contribution in [3.8, 4) is 5.69 Å². The number of halogens is 1. The molecule has 26 heavy (non-hydrogen) atoms. The Morgan fingerprint density at radius 3 is 2.42 bits per heavy atom. The van der Waals surface area contributed by atoms with Crippen LogP contribution in [0.3, 0.4) is 0 Å². The molecule has 8 nitrogen and oxygen atoms in total. The number of carbonyl (C=O) groups is 1. The third kappa shape index (κ3) is 4.20. The lowest BCUT2D eigenvalue weighted by Gasteiger charge is -2.33. The summed E-state index contributed by atoms with van der Waals surface area (Å²) in [5.41, 5.74) is 6.99. The predicted molar refractivity (Wildman–Crippen MR) is 99.7 cm³/mol. The van der Waals surface area contributed by atoms with Gasteiger partial charge < -0.3 is 10.6 Å². The number of hydrogen-bond donors (Lipinski definition) is 1. The largest absolute Gasteiger partial charge is 0.337 e. The summed E-state index contributed by atoms with van der Waals surface area (Å²) in [4.78, 5) is 24.7. The second kappa shape index (κ2) is 8.29. The molecule has 1 saturated heterocycles. The molecule has 140 valence electrons. The standard InChI is InChI=1S/C17H21N5O3.ClH/c1-12(18)13-6-9-20(10-7-13)17(23)16-8-11-21(19-16)14-2-4-15(5-3-14)22(24)25;/h2-5,8,11-13H,6-7,9-10,18H2,1H3;1H. The maximum absolute atomic E-state index is 12.6. The number of carbonyl (C=O) groups excluding carboxylic acids is 1. The monoisotopic (exact) mass is 379 g/mol. The van der Waals surface area contributed by atoms with Crippen LogP contribution < -0.4 is 5.73 Å². The third-order valence-electron chi connectivity index (χ3n) is 4.70. The zero-order chi connectivity index (χ0) is 18.0. The van der Waals surface area contributed by atoms with Crippen molar-refractivity contribution in [2.75, 3.05) is 13.1 Å². The topological polar surface area (TPSA) is 107 Å². The average Bonchev–Trinajstić information content (AvgIpc) is 3.11. The highest BCUT2D eigenvalue weighted by Crippen LogP contribution is 2.21. The first-order valence-electron chi connectivity index (χ1n) is 8.31. The fourth-order valence-corrected chi connectivity index (χ4v) is 3.10. The number of benzene rings is 1. The lowest BCUT2D eigenvalue weighted by atomic mass is 9.91. The number of non-ortho nitro benzene ring substituents is 1. The van der Waals surface area contributed by atoms with E-state index in [9.17, 15) is 14.9 Å². The lowest BCUT2D eigenvalue weighted by molar-refractivity contribution is -0.384. The van der Waals surface area contributed by atoms with E-state index in [0.717, 1.165) is 12.8 Å². The van der Waals surface area contributed by atoms with Gasteiger partial charge in [0.1, 0.15) is 0 Å². The Morgan fingerprint density at radius 2 is 1.88 bits per heavy atom. The van der Waals surface area contributed by atoms with Gasteiger partial charge in [0, 0.05) is 37.5 Å². The van der Waals surface area contributed by atoms with E-state index >= 15 is 0 Å². The molecule has 0 saturated carbocycles. The fourth-order valence-electron chi connectivity index (χ4n) is 3.10. The predicted octanol–water partition coefficient (Wildman–Crippen LogP) is 2.40. The molecule has 1 aliphatic heterocycles. The number of piperidine rings is 1. The first-order chi connectivity index (χ1) is 12.0. The summed E-state index contributed by atoms with van der Waals surface area (Å²) in [5.74, 6) is 0.366. The average molecular weight is 380 g/mol. The normalized spacial score (nSPS) is 16.0. The molecule has 3 rings (SSSR count). The molecule has 1 unspecified atom stereocenters. The summed E-state index contributed by atoms with van der Waals surface area (Å²) >= 11 is 0. The Kier molecular flexibility index (Phi) is 6.33. The molecule has 0 bridgehead atoms. The van der Waals surface area contributed by atoms with Crippen LogP contribution in [0.2, 0.25) is 0 Å². The number of nitrogens with zero attached hydrogens (tertiary/aromatic N) is 4. The molecule has 2 aromatic rings. The van der Waals surface area contributed by atoms with Gasteiger partial charge in [0.25, 0.3) is 11.6 Å². The van der Waals surface area contributed by atoms with E-state index in [4.69, 9.17) is 5.73 Å². The minimum atomic E-state index is -0.451. The van der Waals surface area contributed by atoms with Crippen molar-refractivity contribution in [1.29, 1.82) is 0 Å². The zero-order valence-electron chi connectivity index (χ0n) is 14.4. The highest BCUT2D eigenvalue weighted by atomic mass is 35.5. The first-order valence-corrected chi connectivity index (χ1v) is 8.31. The number of aromatic nitrogens is 2. The summed E-state index contributed by atoms with van der Waals surface area (Å²) < 4.78 is 1.55. The van der Waals surface area contributed by atoms with E-state index in [1.807, 2.05) is 6.92 Å². The van der Waals surface area contributed by atoms with Crippen molar-refractivity contribution in [1.82, 2.24) is 14.7 Å². The van der Waals surface area contributed by atoms with Gasteiger partial charge in [-0.25, -0.2) is 4.68 Å². The number of hydrogen-bond acceptors (Lipinski definition) is 5. The highest BCUT2D eigenvalue weighted by molar-refractivity contribution is 5.92. The quantitative estimate of drug-likeness (QED) is 0.648. The van der Waals surface area contributed by atoms with Crippen molar-refractivity contribution in [2.24, 2.45) is 11.7 Å². The van der Waals surface area contributed by atoms with Gasteiger partial charge in [-0.05, 0) is 43.9 Å².